The molecule has 17 heavy (non-hydrogen) atoms. The molecular formula is C14H25F2N. The lowest BCUT2D eigenvalue weighted by atomic mass is 9.78. The van der Waals surface area contributed by atoms with Crippen LogP contribution in [0.4, 0.5) is 8.78 Å². The maximum absolute atomic E-state index is 12.7. The molecule has 0 saturated heterocycles. The monoisotopic (exact) mass is 245 g/mol. The number of hydrogen-bond acceptors (Lipinski definition) is 1. The molecule has 2 aliphatic rings. The van der Waals surface area contributed by atoms with E-state index in [2.05, 4.69) is 19.2 Å². The highest BCUT2D eigenvalue weighted by Crippen LogP contribution is 2.42. The summed E-state index contributed by atoms with van der Waals surface area (Å²) in [5, 5.41) is 3.49. The minimum absolute atomic E-state index is 0.0986. The van der Waals surface area contributed by atoms with Crippen molar-refractivity contribution < 1.29 is 8.78 Å². The summed E-state index contributed by atoms with van der Waals surface area (Å²) < 4.78 is 25.3. The van der Waals surface area contributed by atoms with Gasteiger partial charge in [-0.1, -0.05) is 13.8 Å². The Bertz CT molecular complexity index is 237. The van der Waals surface area contributed by atoms with Gasteiger partial charge in [-0.25, -0.2) is 8.78 Å². The zero-order chi connectivity index (χ0) is 12.5. The van der Waals surface area contributed by atoms with Crippen LogP contribution in [0.2, 0.25) is 0 Å². The van der Waals surface area contributed by atoms with Gasteiger partial charge in [0, 0.05) is 18.9 Å². The Labute approximate surface area is 103 Å². The van der Waals surface area contributed by atoms with E-state index in [9.17, 15) is 8.78 Å². The molecule has 2 fully saturated rings. The lowest BCUT2D eigenvalue weighted by molar-refractivity contribution is -0.109. The third-order valence-electron chi connectivity index (χ3n) is 4.58. The van der Waals surface area contributed by atoms with E-state index in [0.717, 1.165) is 18.4 Å². The summed E-state index contributed by atoms with van der Waals surface area (Å²) in [6, 6.07) is 0.583. The van der Waals surface area contributed by atoms with Crippen molar-refractivity contribution in [2.45, 2.75) is 64.3 Å². The molecule has 0 aromatic rings. The van der Waals surface area contributed by atoms with Crippen molar-refractivity contribution in [3.63, 3.8) is 0 Å². The van der Waals surface area contributed by atoms with E-state index in [1.54, 1.807) is 0 Å². The molecule has 2 saturated carbocycles. The lowest BCUT2D eigenvalue weighted by Gasteiger charge is -2.37. The molecule has 100 valence electrons. The fourth-order valence-corrected chi connectivity index (χ4v) is 3.25. The third-order valence-corrected chi connectivity index (χ3v) is 4.58. The SMILES string of the molecule is CC(C)C1CCC(NCC2CC(F)(F)C2)CC1. The summed E-state index contributed by atoms with van der Waals surface area (Å²) in [6.45, 7) is 5.40. The van der Waals surface area contributed by atoms with Crippen LogP contribution < -0.4 is 5.32 Å². The Morgan fingerprint density at radius 2 is 1.71 bits per heavy atom. The molecule has 0 atom stereocenters. The van der Waals surface area contributed by atoms with Crippen LogP contribution in [0.5, 0.6) is 0 Å². The van der Waals surface area contributed by atoms with Gasteiger partial charge in [0.2, 0.25) is 5.92 Å². The highest BCUT2D eigenvalue weighted by Gasteiger charge is 2.44. The van der Waals surface area contributed by atoms with Gasteiger partial charge in [-0.3, -0.25) is 0 Å². The normalized spacial score (nSPS) is 33.7. The quantitative estimate of drug-likeness (QED) is 0.793. The molecule has 1 nitrogen and oxygen atoms in total. The van der Waals surface area contributed by atoms with Gasteiger partial charge in [-0.15, -0.1) is 0 Å². The van der Waals surface area contributed by atoms with Crippen molar-refractivity contribution in [2.75, 3.05) is 6.54 Å². The number of rotatable bonds is 4. The van der Waals surface area contributed by atoms with Crippen LogP contribution in [0, 0.1) is 17.8 Å². The minimum atomic E-state index is -2.36. The van der Waals surface area contributed by atoms with Gasteiger partial charge in [0.1, 0.15) is 0 Å². The highest BCUT2D eigenvalue weighted by molar-refractivity contribution is 4.88. The summed E-state index contributed by atoms with van der Waals surface area (Å²) >= 11 is 0. The van der Waals surface area contributed by atoms with Crippen molar-refractivity contribution in [2.24, 2.45) is 17.8 Å². The van der Waals surface area contributed by atoms with E-state index < -0.39 is 5.92 Å². The fourth-order valence-electron chi connectivity index (χ4n) is 3.25. The summed E-state index contributed by atoms with van der Waals surface area (Å²) in [7, 11) is 0. The van der Waals surface area contributed by atoms with E-state index >= 15 is 0 Å². The number of nitrogens with one attached hydrogen (secondary N) is 1. The fraction of sp³-hybridized carbons (Fsp3) is 1.00. The molecule has 0 aromatic heterocycles. The zero-order valence-electron chi connectivity index (χ0n) is 11.0. The average Bonchev–Trinajstić information content (AvgIpc) is 2.24. The van der Waals surface area contributed by atoms with Gasteiger partial charge < -0.3 is 5.32 Å². The van der Waals surface area contributed by atoms with Gasteiger partial charge in [0.15, 0.2) is 0 Å². The standard InChI is InChI=1S/C14H25F2N/c1-10(2)12-3-5-13(6-4-12)17-9-11-7-14(15,16)8-11/h10-13,17H,3-9H2,1-2H3. The van der Waals surface area contributed by atoms with Gasteiger partial charge >= 0.3 is 0 Å². The molecule has 0 heterocycles. The van der Waals surface area contributed by atoms with Crippen molar-refractivity contribution in [1.82, 2.24) is 5.32 Å². The van der Waals surface area contributed by atoms with Crippen LogP contribution in [-0.4, -0.2) is 18.5 Å². The molecular weight excluding hydrogens is 220 g/mol. The molecule has 0 radical (unpaired) electrons. The van der Waals surface area contributed by atoms with E-state index in [1.165, 1.54) is 25.7 Å². The first kappa shape index (κ1) is 13.3. The predicted molar refractivity (Wildman–Crippen MR) is 66.3 cm³/mol. The van der Waals surface area contributed by atoms with Crippen LogP contribution in [0.1, 0.15) is 52.4 Å². The first-order valence-corrected chi connectivity index (χ1v) is 7.07. The molecule has 0 unspecified atom stereocenters. The molecule has 0 bridgehead atoms. The van der Waals surface area contributed by atoms with E-state index in [0.29, 0.717) is 6.04 Å². The second-order valence-electron chi connectivity index (χ2n) is 6.39. The molecule has 2 aliphatic carbocycles. The minimum Gasteiger partial charge on any atom is -0.314 e. The number of hydrogen-bond donors (Lipinski definition) is 1. The van der Waals surface area contributed by atoms with E-state index in [-0.39, 0.29) is 18.8 Å². The maximum Gasteiger partial charge on any atom is 0.248 e. The van der Waals surface area contributed by atoms with Crippen molar-refractivity contribution in [3.8, 4) is 0 Å². The van der Waals surface area contributed by atoms with Gasteiger partial charge in [0.05, 0.1) is 0 Å². The van der Waals surface area contributed by atoms with Crippen LogP contribution >= 0.6 is 0 Å². The largest absolute Gasteiger partial charge is 0.314 e. The third kappa shape index (κ3) is 3.64. The molecule has 0 spiro atoms. The first-order valence-electron chi connectivity index (χ1n) is 7.07. The van der Waals surface area contributed by atoms with Gasteiger partial charge in [-0.2, -0.15) is 0 Å². The van der Waals surface area contributed by atoms with Crippen molar-refractivity contribution in [1.29, 1.82) is 0 Å². The van der Waals surface area contributed by atoms with Crippen LogP contribution in [0.25, 0.3) is 0 Å². The summed E-state index contributed by atoms with van der Waals surface area (Å²) in [6.07, 6.45) is 5.26. The summed E-state index contributed by atoms with van der Waals surface area (Å²) in [4.78, 5) is 0. The predicted octanol–water partition coefficient (Wildman–Crippen LogP) is 3.84. The Balaban J connectivity index is 1.59. The van der Waals surface area contributed by atoms with Crippen LogP contribution in [-0.2, 0) is 0 Å². The topological polar surface area (TPSA) is 12.0 Å². The molecule has 3 heteroatoms. The van der Waals surface area contributed by atoms with Crippen molar-refractivity contribution in [3.05, 3.63) is 0 Å². The van der Waals surface area contributed by atoms with Gasteiger partial charge in [0.25, 0.3) is 0 Å². The second kappa shape index (κ2) is 5.21. The Kier molecular flexibility index (Phi) is 4.06. The number of alkyl halides is 2. The zero-order valence-corrected chi connectivity index (χ0v) is 11.0. The molecule has 0 aliphatic heterocycles. The number of halogens is 2. The van der Waals surface area contributed by atoms with Crippen LogP contribution in [0.15, 0.2) is 0 Å². The summed E-state index contributed by atoms with van der Waals surface area (Å²) in [5.41, 5.74) is 0. The Hall–Kier alpha value is -0.180. The molecule has 0 amide bonds. The van der Waals surface area contributed by atoms with Gasteiger partial charge in [-0.05, 0) is 50.0 Å². The smallest absolute Gasteiger partial charge is 0.248 e. The lowest BCUT2D eigenvalue weighted by Crippen LogP contribution is -2.44. The van der Waals surface area contributed by atoms with Crippen molar-refractivity contribution >= 4 is 0 Å². The molecule has 0 aromatic carbocycles. The van der Waals surface area contributed by atoms with E-state index in [4.69, 9.17) is 0 Å². The molecule has 1 N–H and O–H groups in total. The van der Waals surface area contributed by atoms with E-state index in [1.807, 2.05) is 0 Å². The maximum atomic E-state index is 12.7. The molecule has 2 rings (SSSR count). The first-order chi connectivity index (χ1) is 7.96. The Morgan fingerprint density at radius 1 is 1.12 bits per heavy atom. The summed E-state index contributed by atoms with van der Waals surface area (Å²) in [5.74, 6) is -0.475. The van der Waals surface area contributed by atoms with Crippen LogP contribution in [0.3, 0.4) is 0 Å². The Morgan fingerprint density at radius 3 is 2.18 bits per heavy atom. The second-order valence-corrected chi connectivity index (χ2v) is 6.39. The average molecular weight is 245 g/mol. The highest BCUT2D eigenvalue weighted by atomic mass is 19.3.